The van der Waals surface area contributed by atoms with Crippen LogP contribution in [0.3, 0.4) is 0 Å². The van der Waals surface area contributed by atoms with Gasteiger partial charge in [-0.1, -0.05) is 0 Å². The molecule has 0 bridgehead atoms. The Hall–Kier alpha value is -2.30. The van der Waals surface area contributed by atoms with Gasteiger partial charge in [-0.25, -0.2) is 4.98 Å². The molecule has 0 atom stereocenters. The van der Waals surface area contributed by atoms with E-state index >= 15 is 0 Å². The number of nitrogens with zero attached hydrogens (tertiary/aromatic N) is 4. The summed E-state index contributed by atoms with van der Waals surface area (Å²) in [6, 6.07) is 2.30. The summed E-state index contributed by atoms with van der Waals surface area (Å²) in [5.74, 6) is 0.917. The van der Waals surface area contributed by atoms with Crippen LogP contribution >= 0.6 is 0 Å². The number of furan rings is 1. The minimum atomic E-state index is 0.369. The highest BCUT2D eigenvalue weighted by Gasteiger charge is 2.15. The fourth-order valence-corrected chi connectivity index (χ4v) is 2.69. The molecule has 0 aliphatic rings. The Kier molecular flexibility index (Phi) is 3.41. The molecule has 0 aliphatic heterocycles. The third-order valence-corrected chi connectivity index (χ3v) is 3.79. The van der Waals surface area contributed by atoms with Crippen LogP contribution in [-0.4, -0.2) is 19.3 Å². The van der Waals surface area contributed by atoms with Crippen molar-refractivity contribution in [2.24, 2.45) is 0 Å². The van der Waals surface area contributed by atoms with Gasteiger partial charge in [-0.05, 0) is 33.8 Å². The zero-order valence-electron chi connectivity index (χ0n) is 12.9. The smallest absolute Gasteiger partial charge is 0.143 e. The largest absolute Gasteiger partial charge is 0.472 e. The maximum absolute atomic E-state index is 5.16. The van der Waals surface area contributed by atoms with Crippen molar-refractivity contribution in [3.8, 4) is 11.4 Å². The van der Waals surface area contributed by atoms with Crippen molar-refractivity contribution >= 4 is 0 Å². The molecule has 3 aromatic heterocycles. The van der Waals surface area contributed by atoms with Crippen LogP contribution in [0.2, 0.25) is 0 Å². The van der Waals surface area contributed by atoms with Crippen LogP contribution in [0.1, 0.15) is 36.8 Å². The van der Waals surface area contributed by atoms with Crippen molar-refractivity contribution in [1.82, 2.24) is 19.3 Å². The van der Waals surface area contributed by atoms with E-state index in [2.05, 4.69) is 47.0 Å². The Morgan fingerprint density at radius 3 is 2.71 bits per heavy atom. The van der Waals surface area contributed by atoms with Crippen LogP contribution in [0.15, 0.2) is 35.4 Å². The van der Waals surface area contributed by atoms with E-state index in [1.165, 1.54) is 11.3 Å². The molecule has 110 valence electrons. The van der Waals surface area contributed by atoms with E-state index in [1.54, 1.807) is 12.5 Å². The second-order valence-electron chi connectivity index (χ2n) is 5.58. The molecular weight excluding hydrogens is 264 g/mol. The van der Waals surface area contributed by atoms with Gasteiger partial charge in [0.2, 0.25) is 0 Å². The molecule has 5 nitrogen and oxygen atoms in total. The molecule has 0 fully saturated rings. The highest BCUT2D eigenvalue weighted by atomic mass is 16.3. The summed E-state index contributed by atoms with van der Waals surface area (Å²) in [4.78, 5) is 4.43. The molecule has 3 rings (SSSR count). The highest BCUT2D eigenvalue weighted by Crippen LogP contribution is 2.22. The van der Waals surface area contributed by atoms with E-state index in [-0.39, 0.29) is 0 Å². The second-order valence-corrected chi connectivity index (χ2v) is 5.58. The van der Waals surface area contributed by atoms with Crippen LogP contribution in [-0.2, 0) is 6.54 Å². The predicted molar refractivity (Wildman–Crippen MR) is 81.1 cm³/mol. The fourth-order valence-electron chi connectivity index (χ4n) is 2.69. The first-order chi connectivity index (χ1) is 10.1. The Morgan fingerprint density at radius 2 is 2.10 bits per heavy atom. The van der Waals surface area contributed by atoms with E-state index in [0.717, 1.165) is 23.6 Å². The molecule has 0 aliphatic carbocycles. The van der Waals surface area contributed by atoms with Crippen molar-refractivity contribution in [1.29, 1.82) is 0 Å². The minimum absolute atomic E-state index is 0.369. The Morgan fingerprint density at radius 1 is 1.29 bits per heavy atom. The highest BCUT2D eigenvalue weighted by molar-refractivity contribution is 5.53. The van der Waals surface area contributed by atoms with Crippen molar-refractivity contribution in [3.63, 3.8) is 0 Å². The van der Waals surface area contributed by atoms with Crippen molar-refractivity contribution in [3.05, 3.63) is 47.9 Å². The van der Waals surface area contributed by atoms with Gasteiger partial charge in [-0.15, -0.1) is 0 Å². The zero-order valence-corrected chi connectivity index (χ0v) is 12.9. The fraction of sp³-hybridized carbons (Fsp3) is 0.375. The molecule has 0 aromatic carbocycles. The van der Waals surface area contributed by atoms with E-state index in [4.69, 9.17) is 4.42 Å². The lowest BCUT2D eigenvalue weighted by molar-refractivity contribution is 0.515. The lowest BCUT2D eigenvalue weighted by atomic mass is 10.2. The van der Waals surface area contributed by atoms with Crippen molar-refractivity contribution in [2.45, 2.75) is 40.3 Å². The number of imidazole rings is 1. The lowest BCUT2D eigenvalue weighted by Gasteiger charge is -2.10. The molecule has 0 unspecified atom stereocenters. The summed E-state index contributed by atoms with van der Waals surface area (Å²) in [6.07, 6.45) is 7.20. The van der Waals surface area contributed by atoms with Crippen molar-refractivity contribution in [2.75, 3.05) is 0 Å². The molecule has 0 N–H and O–H groups in total. The van der Waals surface area contributed by atoms with Gasteiger partial charge in [-0.3, -0.25) is 4.68 Å². The number of hydrogen-bond donors (Lipinski definition) is 0. The zero-order chi connectivity index (χ0) is 15.0. The Bertz CT molecular complexity index is 735. The Labute approximate surface area is 124 Å². The van der Waals surface area contributed by atoms with Crippen LogP contribution in [0.4, 0.5) is 0 Å². The topological polar surface area (TPSA) is 48.8 Å². The van der Waals surface area contributed by atoms with Gasteiger partial charge in [0.15, 0.2) is 0 Å². The van der Waals surface area contributed by atoms with Gasteiger partial charge < -0.3 is 8.98 Å². The summed E-state index contributed by atoms with van der Waals surface area (Å²) >= 11 is 0. The first kappa shape index (κ1) is 13.7. The summed E-state index contributed by atoms with van der Waals surface area (Å²) in [5.41, 5.74) is 4.54. The molecule has 5 heteroatoms. The normalized spacial score (nSPS) is 11.5. The van der Waals surface area contributed by atoms with Crippen LogP contribution in [0.25, 0.3) is 11.4 Å². The molecule has 0 amide bonds. The number of hydrogen-bond acceptors (Lipinski definition) is 3. The van der Waals surface area contributed by atoms with Crippen LogP contribution < -0.4 is 0 Å². The SMILES string of the molecule is Cc1nn(C(C)C)c(C)c1Cn1ccnc1-c1ccoc1. The van der Waals surface area contributed by atoms with Crippen molar-refractivity contribution < 1.29 is 4.42 Å². The van der Waals surface area contributed by atoms with Crippen LogP contribution in [0, 0.1) is 13.8 Å². The standard InChI is InChI=1S/C16H20N4O/c1-11(2)20-13(4)15(12(3)18-20)9-19-7-6-17-16(19)14-5-8-21-10-14/h5-8,10-11H,9H2,1-4H3. The van der Waals surface area contributed by atoms with Gasteiger partial charge in [0.1, 0.15) is 12.1 Å². The summed E-state index contributed by atoms with van der Waals surface area (Å²) in [7, 11) is 0. The number of rotatable bonds is 4. The first-order valence-corrected chi connectivity index (χ1v) is 7.16. The molecule has 3 aromatic rings. The minimum Gasteiger partial charge on any atom is -0.472 e. The summed E-state index contributed by atoms with van der Waals surface area (Å²) in [6.45, 7) is 9.26. The first-order valence-electron chi connectivity index (χ1n) is 7.16. The van der Waals surface area contributed by atoms with Gasteiger partial charge in [0, 0.05) is 29.7 Å². The Balaban J connectivity index is 1.97. The molecule has 0 radical (unpaired) electrons. The third kappa shape index (κ3) is 2.39. The van der Waals surface area contributed by atoms with Gasteiger partial charge in [-0.2, -0.15) is 5.10 Å². The molecule has 0 saturated heterocycles. The monoisotopic (exact) mass is 284 g/mol. The number of aromatic nitrogens is 4. The number of aryl methyl sites for hydroxylation is 1. The van der Waals surface area contributed by atoms with E-state index in [9.17, 15) is 0 Å². The molecule has 3 heterocycles. The second kappa shape index (κ2) is 5.24. The maximum Gasteiger partial charge on any atom is 0.143 e. The quantitative estimate of drug-likeness (QED) is 0.735. The van der Waals surface area contributed by atoms with Gasteiger partial charge in [0.25, 0.3) is 0 Å². The van der Waals surface area contributed by atoms with Crippen LogP contribution in [0.5, 0.6) is 0 Å². The maximum atomic E-state index is 5.16. The average Bonchev–Trinajstić information content (AvgIpc) is 3.14. The summed E-state index contributed by atoms with van der Waals surface area (Å²) < 4.78 is 9.37. The third-order valence-electron chi connectivity index (χ3n) is 3.79. The van der Waals surface area contributed by atoms with E-state index in [0.29, 0.717) is 6.04 Å². The molecular formula is C16H20N4O. The van der Waals surface area contributed by atoms with E-state index < -0.39 is 0 Å². The molecule has 0 spiro atoms. The van der Waals surface area contributed by atoms with Gasteiger partial charge in [0.05, 0.1) is 24.1 Å². The lowest BCUT2D eigenvalue weighted by Crippen LogP contribution is -2.06. The molecule has 21 heavy (non-hydrogen) atoms. The molecule has 0 saturated carbocycles. The summed E-state index contributed by atoms with van der Waals surface area (Å²) in [5, 5.41) is 4.65. The van der Waals surface area contributed by atoms with E-state index in [1.807, 2.05) is 18.5 Å². The van der Waals surface area contributed by atoms with Gasteiger partial charge >= 0.3 is 0 Å². The average molecular weight is 284 g/mol. The predicted octanol–water partition coefficient (Wildman–Crippen LogP) is 3.59.